The maximum atomic E-state index is 13.1. The van der Waals surface area contributed by atoms with Gasteiger partial charge in [-0.25, -0.2) is 0 Å². The van der Waals surface area contributed by atoms with Gasteiger partial charge in [-0.2, -0.15) is 0 Å². The quantitative estimate of drug-likeness (QED) is 0.528. The third kappa shape index (κ3) is 6.38. The fourth-order valence-corrected chi connectivity index (χ4v) is 5.62. The van der Waals surface area contributed by atoms with Crippen LogP contribution in [0.15, 0.2) is 48.5 Å². The third-order valence-corrected chi connectivity index (χ3v) is 7.77. The van der Waals surface area contributed by atoms with Crippen LogP contribution in [0.4, 0.5) is 0 Å². The molecule has 0 saturated carbocycles. The highest BCUT2D eigenvalue weighted by Gasteiger charge is 2.38. The number of carbonyl (C=O) groups excluding carboxylic acids is 2. The van der Waals surface area contributed by atoms with Crippen LogP contribution in [0.1, 0.15) is 49.7 Å². The summed E-state index contributed by atoms with van der Waals surface area (Å²) < 4.78 is 10.8. The van der Waals surface area contributed by atoms with Gasteiger partial charge in [0.25, 0.3) is 0 Å². The average Bonchev–Trinajstić information content (AvgIpc) is 3.28. The van der Waals surface area contributed by atoms with Gasteiger partial charge in [0, 0.05) is 31.5 Å². The Morgan fingerprint density at radius 3 is 2.44 bits per heavy atom. The molecule has 2 amide bonds. The Bertz CT molecular complexity index is 1040. The lowest BCUT2D eigenvalue weighted by molar-refractivity contribution is -0.133. The van der Waals surface area contributed by atoms with Crippen LogP contribution in [-0.2, 0) is 22.4 Å². The van der Waals surface area contributed by atoms with Crippen molar-refractivity contribution in [3.8, 4) is 11.5 Å². The molecule has 0 unspecified atom stereocenters. The van der Waals surface area contributed by atoms with Gasteiger partial charge in [-0.15, -0.1) is 0 Å². The van der Waals surface area contributed by atoms with E-state index >= 15 is 0 Å². The van der Waals surface area contributed by atoms with Crippen molar-refractivity contribution in [3.63, 3.8) is 0 Å². The topological polar surface area (TPSA) is 88.1 Å². The van der Waals surface area contributed by atoms with Gasteiger partial charge in [-0.1, -0.05) is 36.4 Å². The van der Waals surface area contributed by atoms with E-state index < -0.39 is 5.54 Å². The summed E-state index contributed by atoms with van der Waals surface area (Å²) in [6, 6.07) is 15.9. The molecular weight excluding hydrogens is 456 g/mol. The zero-order valence-corrected chi connectivity index (χ0v) is 21.4. The molecule has 2 heterocycles. The molecule has 2 aromatic carbocycles. The molecule has 2 saturated heterocycles. The normalized spacial score (nSPS) is 21.2. The van der Waals surface area contributed by atoms with Gasteiger partial charge in [0.15, 0.2) is 11.5 Å². The van der Waals surface area contributed by atoms with Crippen molar-refractivity contribution in [2.45, 2.75) is 63.0 Å². The van der Waals surface area contributed by atoms with Crippen molar-refractivity contribution >= 4 is 11.8 Å². The Morgan fingerprint density at radius 1 is 1.08 bits per heavy atom. The first kappa shape index (κ1) is 26.0. The number of hydrogen-bond acceptors (Lipinski definition) is 5. The highest BCUT2D eigenvalue weighted by atomic mass is 16.5. The lowest BCUT2D eigenvalue weighted by Gasteiger charge is -2.35. The summed E-state index contributed by atoms with van der Waals surface area (Å²) >= 11 is 0. The fraction of sp³-hybridized carbons (Fsp3) is 0.517. The number of aliphatic hydroxyl groups excluding tert-OH is 1. The lowest BCUT2D eigenvalue weighted by atomic mass is 9.84. The molecule has 2 aromatic rings. The van der Waals surface area contributed by atoms with E-state index in [0.29, 0.717) is 63.1 Å². The molecular formula is C29H38N2O5. The predicted molar refractivity (Wildman–Crippen MR) is 138 cm³/mol. The number of rotatable bonds is 10. The molecule has 36 heavy (non-hydrogen) atoms. The van der Waals surface area contributed by atoms with Crippen LogP contribution in [0.25, 0.3) is 0 Å². The van der Waals surface area contributed by atoms with Gasteiger partial charge in [0.2, 0.25) is 11.8 Å². The molecule has 0 bridgehead atoms. The molecule has 0 aromatic heterocycles. The predicted octanol–water partition coefficient (Wildman–Crippen LogP) is 3.52. The summed E-state index contributed by atoms with van der Waals surface area (Å²) in [5.41, 5.74) is 1.74. The van der Waals surface area contributed by atoms with E-state index in [1.165, 1.54) is 0 Å². The van der Waals surface area contributed by atoms with Gasteiger partial charge in [-0.3, -0.25) is 9.59 Å². The minimum atomic E-state index is -0.434. The number of methoxy groups -OCH3 is 2. The van der Waals surface area contributed by atoms with Crippen LogP contribution in [-0.4, -0.2) is 60.8 Å². The first-order valence-corrected chi connectivity index (χ1v) is 12.9. The van der Waals surface area contributed by atoms with Gasteiger partial charge in [0.05, 0.1) is 20.3 Å². The molecule has 0 radical (unpaired) electrons. The van der Waals surface area contributed by atoms with E-state index in [2.05, 4.69) is 5.32 Å². The summed E-state index contributed by atoms with van der Waals surface area (Å²) in [7, 11) is 3.21. The maximum Gasteiger partial charge on any atom is 0.222 e. The highest BCUT2D eigenvalue weighted by Crippen LogP contribution is 2.34. The zero-order valence-electron chi connectivity index (χ0n) is 21.4. The van der Waals surface area contributed by atoms with E-state index in [1.807, 2.05) is 53.4 Å². The third-order valence-electron chi connectivity index (χ3n) is 7.77. The van der Waals surface area contributed by atoms with Crippen molar-refractivity contribution in [1.82, 2.24) is 10.2 Å². The van der Waals surface area contributed by atoms with Gasteiger partial charge >= 0.3 is 0 Å². The number of nitrogens with one attached hydrogen (secondary N) is 1. The standard InChI is InChI=1S/C29H38N2O5/c1-35-25-9-8-22(19-26(25)36-2)20-29(14-10-27(33)30-29)15-11-28(34)31-16-12-23(13-17-31)24(32)18-21-6-4-3-5-7-21/h3-9,19,23-24,32H,10-18,20H2,1-2H3,(H,30,33)/t24-,29+/m1/s1. The minimum absolute atomic E-state index is 0.0381. The Kier molecular flexibility index (Phi) is 8.52. The first-order valence-electron chi connectivity index (χ1n) is 12.9. The molecule has 0 spiro atoms. The van der Waals surface area contributed by atoms with Gasteiger partial charge in [0.1, 0.15) is 0 Å². The zero-order chi connectivity index (χ0) is 25.5. The first-order chi connectivity index (χ1) is 17.4. The molecule has 0 aliphatic carbocycles. The van der Waals surface area contributed by atoms with Gasteiger partial charge in [-0.05, 0) is 67.7 Å². The number of carbonyl (C=O) groups is 2. The molecule has 194 valence electrons. The Morgan fingerprint density at radius 2 is 1.81 bits per heavy atom. The number of nitrogens with zero attached hydrogens (tertiary/aromatic N) is 1. The molecule has 2 atom stereocenters. The summed E-state index contributed by atoms with van der Waals surface area (Å²) in [4.78, 5) is 27.2. The van der Waals surface area contributed by atoms with E-state index in [4.69, 9.17) is 9.47 Å². The van der Waals surface area contributed by atoms with Crippen molar-refractivity contribution < 1.29 is 24.2 Å². The van der Waals surface area contributed by atoms with Crippen LogP contribution in [0, 0.1) is 5.92 Å². The average molecular weight is 495 g/mol. The van der Waals surface area contributed by atoms with Crippen LogP contribution in [0.3, 0.4) is 0 Å². The summed E-state index contributed by atoms with van der Waals surface area (Å²) in [6.45, 7) is 1.34. The van der Waals surface area contributed by atoms with Crippen LogP contribution < -0.4 is 14.8 Å². The second-order valence-corrected chi connectivity index (χ2v) is 10.2. The van der Waals surface area contributed by atoms with Crippen LogP contribution in [0.2, 0.25) is 0 Å². The summed E-state index contributed by atoms with van der Waals surface area (Å²) in [6.07, 6.45) is 4.71. The van der Waals surface area contributed by atoms with E-state index in [0.717, 1.165) is 24.0 Å². The minimum Gasteiger partial charge on any atom is -0.493 e. The number of likely N-dealkylation sites (tertiary alicyclic amines) is 1. The van der Waals surface area contributed by atoms with Crippen molar-refractivity contribution in [3.05, 3.63) is 59.7 Å². The lowest BCUT2D eigenvalue weighted by Crippen LogP contribution is -2.46. The molecule has 4 rings (SSSR count). The van der Waals surface area contributed by atoms with Crippen molar-refractivity contribution in [1.29, 1.82) is 0 Å². The summed E-state index contributed by atoms with van der Waals surface area (Å²) in [5, 5.41) is 13.9. The van der Waals surface area contributed by atoms with E-state index in [1.54, 1.807) is 14.2 Å². The molecule has 2 aliphatic heterocycles. The van der Waals surface area contributed by atoms with E-state index in [9.17, 15) is 14.7 Å². The van der Waals surface area contributed by atoms with Crippen molar-refractivity contribution in [2.75, 3.05) is 27.3 Å². The SMILES string of the molecule is COc1ccc(C[C@@]2(CCC(=O)N3CCC([C@H](O)Cc4ccccc4)CC3)CCC(=O)N2)cc1OC. The molecule has 2 N–H and O–H groups in total. The second kappa shape index (κ2) is 11.8. The second-order valence-electron chi connectivity index (χ2n) is 10.2. The molecule has 2 fully saturated rings. The van der Waals surface area contributed by atoms with E-state index in [-0.39, 0.29) is 23.8 Å². The Hall–Kier alpha value is -3.06. The highest BCUT2D eigenvalue weighted by molar-refractivity contribution is 5.80. The largest absolute Gasteiger partial charge is 0.493 e. The monoisotopic (exact) mass is 494 g/mol. The van der Waals surface area contributed by atoms with Gasteiger partial charge < -0.3 is 24.8 Å². The number of aliphatic hydroxyl groups is 1. The number of hydrogen-bond donors (Lipinski definition) is 2. The fourth-order valence-electron chi connectivity index (χ4n) is 5.62. The number of benzene rings is 2. The van der Waals surface area contributed by atoms with Crippen LogP contribution >= 0.6 is 0 Å². The number of piperidine rings is 1. The number of ether oxygens (including phenoxy) is 2. The molecule has 2 aliphatic rings. The number of amides is 2. The summed E-state index contributed by atoms with van der Waals surface area (Å²) in [5.74, 6) is 1.69. The van der Waals surface area contributed by atoms with Crippen LogP contribution in [0.5, 0.6) is 11.5 Å². The Labute approximate surface area is 213 Å². The molecule has 7 heteroatoms. The smallest absolute Gasteiger partial charge is 0.222 e. The van der Waals surface area contributed by atoms with Crippen molar-refractivity contribution in [2.24, 2.45) is 5.92 Å². The molecule has 7 nitrogen and oxygen atoms in total. The Balaban J connectivity index is 1.31. The maximum absolute atomic E-state index is 13.1.